The number of carbonyl (C=O) groups excluding carboxylic acids is 1. The average Bonchev–Trinajstić information content (AvgIpc) is 2.76. The van der Waals surface area contributed by atoms with E-state index in [0.717, 1.165) is 0 Å². The highest BCUT2D eigenvalue weighted by molar-refractivity contribution is 6.33. The van der Waals surface area contributed by atoms with Crippen molar-refractivity contribution < 1.29 is 14.3 Å². The molecule has 5 nitrogen and oxygen atoms in total. The SMILES string of the molecule is CO[C@H]1COC[C@@H]1NC(=O)c1ccncc1Cl. The molecule has 2 atom stereocenters. The highest BCUT2D eigenvalue weighted by Crippen LogP contribution is 2.15. The fraction of sp³-hybridized carbons (Fsp3) is 0.455. The van der Waals surface area contributed by atoms with Gasteiger partial charge in [-0.05, 0) is 6.07 Å². The zero-order valence-corrected chi connectivity index (χ0v) is 10.1. The van der Waals surface area contributed by atoms with Crippen LogP contribution in [-0.4, -0.2) is 43.4 Å². The lowest BCUT2D eigenvalue weighted by Crippen LogP contribution is -2.43. The van der Waals surface area contributed by atoms with Crippen molar-refractivity contribution >= 4 is 17.5 Å². The van der Waals surface area contributed by atoms with E-state index < -0.39 is 0 Å². The van der Waals surface area contributed by atoms with Gasteiger partial charge in [0.1, 0.15) is 6.10 Å². The molecule has 1 amide bonds. The first-order valence-corrected chi connectivity index (χ1v) is 5.61. The van der Waals surface area contributed by atoms with Gasteiger partial charge in [0.2, 0.25) is 0 Å². The van der Waals surface area contributed by atoms with Crippen LogP contribution in [0.2, 0.25) is 5.02 Å². The molecule has 0 bridgehead atoms. The molecule has 1 aliphatic heterocycles. The Morgan fingerprint density at radius 2 is 2.47 bits per heavy atom. The summed E-state index contributed by atoms with van der Waals surface area (Å²) in [7, 11) is 1.60. The lowest BCUT2D eigenvalue weighted by Gasteiger charge is -2.17. The van der Waals surface area contributed by atoms with Gasteiger partial charge < -0.3 is 14.8 Å². The Morgan fingerprint density at radius 1 is 1.65 bits per heavy atom. The molecule has 6 heteroatoms. The molecule has 0 saturated carbocycles. The molecule has 92 valence electrons. The van der Waals surface area contributed by atoms with Crippen LogP contribution >= 0.6 is 11.6 Å². The van der Waals surface area contributed by atoms with Crippen molar-refractivity contribution in [3.8, 4) is 0 Å². The summed E-state index contributed by atoms with van der Waals surface area (Å²) in [6, 6.07) is 1.44. The maximum atomic E-state index is 11.9. The van der Waals surface area contributed by atoms with Crippen LogP contribution in [0.15, 0.2) is 18.5 Å². The molecule has 1 fully saturated rings. The molecular weight excluding hydrogens is 244 g/mol. The summed E-state index contributed by atoms with van der Waals surface area (Å²) in [4.78, 5) is 15.8. The maximum absolute atomic E-state index is 11.9. The largest absolute Gasteiger partial charge is 0.377 e. The highest BCUT2D eigenvalue weighted by atomic mass is 35.5. The van der Waals surface area contributed by atoms with Crippen molar-refractivity contribution in [2.45, 2.75) is 12.1 Å². The first-order chi connectivity index (χ1) is 8.22. The van der Waals surface area contributed by atoms with E-state index in [1.54, 1.807) is 13.2 Å². The van der Waals surface area contributed by atoms with E-state index in [9.17, 15) is 4.79 Å². The third kappa shape index (κ3) is 2.74. The van der Waals surface area contributed by atoms with Crippen LogP contribution in [0.25, 0.3) is 0 Å². The Hall–Kier alpha value is -1.17. The second kappa shape index (κ2) is 5.44. The number of aromatic nitrogens is 1. The predicted molar refractivity (Wildman–Crippen MR) is 62.1 cm³/mol. The number of nitrogens with zero attached hydrogens (tertiary/aromatic N) is 1. The molecule has 0 spiro atoms. The quantitative estimate of drug-likeness (QED) is 0.872. The molecule has 0 aromatic carbocycles. The second-order valence-electron chi connectivity index (χ2n) is 3.75. The number of ether oxygens (including phenoxy) is 2. The van der Waals surface area contributed by atoms with Crippen LogP contribution in [0.3, 0.4) is 0 Å². The molecule has 1 aromatic rings. The van der Waals surface area contributed by atoms with Gasteiger partial charge >= 0.3 is 0 Å². The van der Waals surface area contributed by atoms with E-state index in [1.807, 2.05) is 0 Å². The summed E-state index contributed by atoms with van der Waals surface area (Å²) in [6.07, 6.45) is 2.86. The number of nitrogens with one attached hydrogen (secondary N) is 1. The van der Waals surface area contributed by atoms with Crippen molar-refractivity contribution in [2.75, 3.05) is 20.3 Å². The molecule has 0 radical (unpaired) electrons. The lowest BCUT2D eigenvalue weighted by molar-refractivity contribution is 0.0685. The molecule has 1 saturated heterocycles. The maximum Gasteiger partial charge on any atom is 0.253 e. The van der Waals surface area contributed by atoms with E-state index >= 15 is 0 Å². The van der Waals surface area contributed by atoms with Crippen molar-refractivity contribution in [3.05, 3.63) is 29.0 Å². The highest BCUT2D eigenvalue weighted by Gasteiger charge is 2.30. The second-order valence-corrected chi connectivity index (χ2v) is 4.15. The zero-order chi connectivity index (χ0) is 12.3. The lowest BCUT2D eigenvalue weighted by atomic mass is 10.2. The van der Waals surface area contributed by atoms with Gasteiger partial charge in [-0.1, -0.05) is 11.6 Å². The topological polar surface area (TPSA) is 60.5 Å². The molecule has 2 heterocycles. The third-order valence-corrected chi connectivity index (χ3v) is 2.97. The van der Waals surface area contributed by atoms with E-state index in [1.165, 1.54) is 12.4 Å². The number of carbonyl (C=O) groups is 1. The number of hydrogen-bond acceptors (Lipinski definition) is 4. The van der Waals surface area contributed by atoms with E-state index in [0.29, 0.717) is 23.8 Å². The van der Waals surface area contributed by atoms with Crippen LogP contribution in [0.1, 0.15) is 10.4 Å². The fourth-order valence-electron chi connectivity index (χ4n) is 1.71. The number of pyridine rings is 1. The van der Waals surface area contributed by atoms with Gasteiger partial charge in [0, 0.05) is 19.5 Å². The Kier molecular flexibility index (Phi) is 3.93. The van der Waals surface area contributed by atoms with E-state index in [4.69, 9.17) is 21.1 Å². The number of rotatable bonds is 3. The van der Waals surface area contributed by atoms with Gasteiger partial charge in [0.05, 0.1) is 29.8 Å². The number of hydrogen-bond donors (Lipinski definition) is 1. The molecule has 1 aromatic heterocycles. The monoisotopic (exact) mass is 256 g/mol. The molecule has 0 aliphatic carbocycles. The number of methoxy groups -OCH3 is 1. The first kappa shape index (κ1) is 12.3. The van der Waals surface area contributed by atoms with Crippen molar-refractivity contribution in [3.63, 3.8) is 0 Å². The van der Waals surface area contributed by atoms with Crippen molar-refractivity contribution in [2.24, 2.45) is 0 Å². The molecule has 2 rings (SSSR count). The summed E-state index contributed by atoms with van der Waals surface area (Å²) in [6.45, 7) is 0.943. The Labute approximate surface area is 104 Å². The minimum Gasteiger partial charge on any atom is -0.377 e. The minimum absolute atomic E-state index is 0.112. The van der Waals surface area contributed by atoms with Crippen LogP contribution in [-0.2, 0) is 9.47 Å². The van der Waals surface area contributed by atoms with Gasteiger partial charge in [-0.3, -0.25) is 9.78 Å². The normalized spacial score (nSPS) is 23.6. The van der Waals surface area contributed by atoms with Crippen LogP contribution in [0.4, 0.5) is 0 Å². The predicted octanol–water partition coefficient (Wildman–Crippen LogP) is 0.879. The summed E-state index contributed by atoms with van der Waals surface area (Å²) < 4.78 is 10.4. The standard InChI is InChI=1S/C11H13ClN2O3/c1-16-10-6-17-5-9(10)14-11(15)7-2-3-13-4-8(7)12/h2-4,9-10H,5-6H2,1H3,(H,14,15)/t9-,10-/m0/s1. The van der Waals surface area contributed by atoms with Crippen molar-refractivity contribution in [1.82, 2.24) is 10.3 Å². The van der Waals surface area contributed by atoms with Crippen LogP contribution < -0.4 is 5.32 Å². The Morgan fingerprint density at radius 3 is 3.18 bits per heavy atom. The molecule has 1 aliphatic rings. The van der Waals surface area contributed by atoms with Crippen molar-refractivity contribution in [1.29, 1.82) is 0 Å². The zero-order valence-electron chi connectivity index (χ0n) is 9.35. The average molecular weight is 257 g/mol. The van der Waals surface area contributed by atoms with Crippen LogP contribution in [0.5, 0.6) is 0 Å². The number of amides is 1. The van der Waals surface area contributed by atoms with E-state index in [2.05, 4.69) is 10.3 Å². The third-order valence-electron chi connectivity index (χ3n) is 2.66. The summed E-state index contributed by atoms with van der Waals surface area (Å²) in [5.74, 6) is -0.241. The van der Waals surface area contributed by atoms with Gasteiger partial charge in [-0.2, -0.15) is 0 Å². The Balaban J connectivity index is 2.04. The Bertz CT molecular complexity index is 413. The molecule has 17 heavy (non-hydrogen) atoms. The van der Waals surface area contributed by atoms with Gasteiger partial charge in [-0.25, -0.2) is 0 Å². The molecule has 1 N–H and O–H groups in total. The summed E-state index contributed by atoms with van der Waals surface area (Å²) in [5.41, 5.74) is 0.406. The van der Waals surface area contributed by atoms with E-state index in [-0.39, 0.29) is 18.1 Å². The first-order valence-electron chi connectivity index (χ1n) is 5.23. The smallest absolute Gasteiger partial charge is 0.253 e. The van der Waals surface area contributed by atoms with Gasteiger partial charge in [0.25, 0.3) is 5.91 Å². The van der Waals surface area contributed by atoms with Gasteiger partial charge in [0.15, 0.2) is 0 Å². The fourth-order valence-corrected chi connectivity index (χ4v) is 1.91. The van der Waals surface area contributed by atoms with Crippen LogP contribution in [0, 0.1) is 0 Å². The molecular formula is C11H13ClN2O3. The summed E-state index contributed by atoms with van der Waals surface area (Å²) >= 11 is 5.89. The molecule has 0 unspecified atom stereocenters. The minimum atomic E-state index is -0.241. The summed E-state index contributed by atoms with van der Waals surface area (Å²) in [5, 5.41) is 3.17. The number of halogens is 1. The van der Waals surface area contributed by atoms with Gasteiger partial charge in [-0.15, -0.1) is 0 Å².